The highest BCUT2D eigenvalue weighted by atomic mass is 16.3. The summed E-state index contributed by atoms with van der Waals surface area (Å²) in [5.74, 6) is 0.347. The van der Waals surface area contributed by atoms with Gasteiger partial charge in [0, 0.05) is 6.20 Å². The third kappa shape index (κ3) is 2.77. The summed E-state index contributed by atoms with van der Waals surface area (Å²) in [4.78, 5) is 16.3. The maximum absolute atomic E-state index is 12.0. The minimum absolute atomic E-state index is 0.121. The van der Waals surface area contributed by atoms with Gasteiger partial charge in [-0.3, -0.25) is 9.78 Å². The van der Waals surface area contributed by atoms with E-state index in [2.05, 4.69) is 10.3 Å². The van der Waals surface area contributed by atoms with Crippen molar-refractivity contribution in [3.63, 3.8) is 0 Å². The SMILES string of the molecule is CC(C)C(NC(=O)c1ccco1)c1ccccn1. The number of rotatable bonds is 4. The van der Waals surface area contributed by atoms with Crippen molar-refractivity contribution in [2.24, 2.45) is 5.92 Å². The molecule has 0 saturated carbocycles. The highest BCUT2D eigenvalue weighted by Gasteiger charge is 2.21. The molecule has 2 heterocycles. The van der Waals surface area contributed by atoms with Gasteiger partial charge in [-0.25, -0.2) is 0 Å². The van der Waals surface area contributed by atoms with Gasteiger partial charge in [0.1, 0.15) is 0 Å². The molecule has 0 aromatic carbocycles. The van der Waals surface area contributed by atoms with Crippen LogP contribution in [0.25, 0.3) is 0 Å². The second kappa shape index (κ2) is 5.49. The lowest BCUT2D eigenvalue weighted by Gasteiger charge is -2.21. The average molecular weight is 244 g/mol. The minimum Gasteiger partial charge on any atom is -0.459 e. The van der Waals surface area contributed by atoms with Gasteiger partial charge in [-0.1, -0.05) is 19.9 Å². The molecule has 1 unspecified atom stereocenters. The van der Waals surface area contributed by atoms with Crippen molar-refractivity contribution < 1.29 is 9.21 Å². The Bertz CT molecular complexity index is 492. The van der Waals surface area contributed by atoms with Crippen molar-refractivity contribution in [1.29, 1.82) is 0 Å². The molecule has 4 nitrogen and oxygen atoms in total. The van der Waals surface area contributed by atoms with Crippen molar-refractivity contribution in [1.82, 2.24) is 10.3 Å². The molecule has 1 N–H and O–H groups in total. The summed E-state index contributed by atoms with van der Waals surface area (Å²) in [6.45, 7) is 4.09. The van der Waals surface area contributed by atoms with Gasteiger partial charge in [0.25, 0.3) is 5.91 Å². The first-order valence-corrected chi connectivity index (χ1v) is 5.94. The summed E-state index contributed by atoms with van der Waals surface area (Å²) in [5.41, 5.74) is 0.854. The lowest BCUT2D eigenvalue weighted by atomic mass is 10.0. The quantitative estimate of drug-likeness (QED) is 0.899. The standard InChI is InChI=1S/C14H16N2O2/c1-10(2)13(11-6-3-4-8-15-11)16-14(17)12-7-5-9-18-12/h3-10,13H,1-2H3,(H,16,17). The van der Waals surface area contributed by atoms with Crippen LogP contribution in [-0.2, 0) is 0 Å². The van der Waals surface area contributed by atoms with Crippen LogP contribution in [0, 0.1) is 5.92 Å². The third-order valence-corrected chi connectivity index (χ3v) is 2.70. The van der Waals surface area contributed by atoms with Crippen LogP contribution in [0.3, 0.4) is 0 Å². The molecular formula is C14H16N2O2. The highest BCUT2D eigenvalue weighted by molar-refractivity contribution is 5.91. The molecule has 0 radical (unpaired) electrons. The fraction of sp³-hybridized carbons (Fsp3) is 0.286. The molecule has 0 aliphatic rings. The van der Waals surface area contributed by atoms with Gasteiger partial charge >= 0.3 is 0 Å². The Morgan fingerprint density at radius 2 is 2.11 bits per heavy atom. The molecule has 0 aliphatic carbocycles. The van der Waals surface area contributed by atoms with Crippen LogP contribution in [0.15, 0.2) is 47.2 Å². The van der Waals surface area contributed by atoms with E-state index in [0.717, 1.165) is 5.69 Å². The van der Waals surface area contributed by atoms with Gasteiger partial charge in [0.05, 0.1) is 18.0 Å². The van der Waals surface area contributed by atoms with Crippen LogP contribution in [-0.4, -0.2) is 10.9 Å². The number of nitrogens with one attached hydrogen (secondary N) is 1. The molecule has 0 aliphatic heterocycles. The number of hydrogen-bond donors (Lipinski definition) is 1. The molecule has 2 rings (SSSR count). The van der Waals surface area contributed by atoms with Crippen LogP contribution in [0.5, 0.6) is 0 Å². The molecule has 0 bridgehead atoms. The van der Waals surface area contributed by atoms with Gasteiger partial charge < -0.3 is 9.73 Å². The zero-order valence-corrected chi connectivity index (χ0v) is 10.5. The number of carbonyl (C=O) groups excluding carboxylic acids is 1. The molecule has 0 saturated heterocycles. The minimum atomic E-state index is -0.218. The van der Waals surface area contributed by atoms with E-state index < -0.39 is 0 Å². The summed E-state index contributed by atoms with van der Waals surface area (Å²) in [7, 11) is 0. The van der Waals surface area contributed by atoms with E-state index in [1.54, 1.807) is 18.3 Å². The van der Waals surface area contributed by atoms with Gasteiger partial charge in [0.2, 0.25) is 0 Å². The summed E-state index contributed by atoms with van der Waals surface area (Å²) < 4.78 is 5.08. The lowest BCUT2D eigenvalue weighted by Crippen LogP contribution is -2.32. The van der Waals surface area contributed by atoms with Gasteiger partial charge in [-0.2, -0.15) is 0 Å². The predicted octanol–water partition coefficient (Wildman–Crippen LogP) is 2.80. The Morgan fingerprint density at radius 3 is 2.67 bits per heavy atom. The second-order valence-corrected chi connectivity index (χ2v) is 4.43. The number of amides is 1. The molecule has 1 amide bonds. The summed E-state index contributed by atoms with van der Waals surface area (Å²) in [6, 6.07) is 8.90. The topological polar surface area (TPSA) is 55.1 Å². The van der Waals surface area contributed by atoms with E-state index in [4.69, 9.17) is 4.42 Å². The summed E-state index contributed by atoms with van der Waals surface area (Å²) in [6.07, 6.45) is 3.21. The second-order valence-electron chi connectivity index (χ2n) is 4.43. The third-order valence-electron chi connectivity index (χ3n) is 2.70. The number of furan rings is 1. The highest BCUT2D eigenvalue weighted by Crippen LogP contribution is 2.20. The van der Waals surface area contributed by atoms with Gasteiger partial charge in [-0.05, 0) is 30.2 Å². The number of nitrogens with zero attached hydrogens (tertiary/aromatic N) is 1. The van der Waals surface area contributed by atoms with Gasteiger partial charge in [-0.15, -0.1) is 0 Å². The molecule has 94 valence electrons. The van der Waals surface area contributed by atoms with Crippen molar-refractivity contribution in [3.8, 4) is 0 Å². The van der Waals surface area contributed by atoms with Crippen LogP contribution >= 0.6 is 0 Å². The van der Waals surface area contributed by atoms with Gasteiger partial charge in [0.15, 0.2) is 5.76 Å². The van der Waals surface area contributed by atoms with Crippen LogP contribution < -0.4 is 5.32 Å². The summed E-state index contributed by atoms with van der Waals surface area (Å²) in [5, 5.41) is 2.94. The fourth-order valence-corrected chi connectivity index (χ4v) is 1.76. The predicted molar refractivity (Wildman–Crippen MR) is 68.0 cm³/mol. The lowest BCUT2D eigenvalue weighted by molar-refractivity contribution is 0.0896. The van der Waals surface area contributed by atoms with Crippen LogP contribution in [0.4, 0.5) is 0 Å². The first-order valence-electron chi connectivity index (χ1n) is 5.94. The average Bonchev–Trinajstić information content (AvgIpc) is 2.90. The normalized spacial score (nSPS) is 12.4. The summed E-state index contributed by atoms with van der Waals surface area (Å²) >= 11 is 0. The number of pyridine rings is 1. The molecule has 4 heteroatoms. The van der Waals surface area contributed by atoms with Crippen molar-refractivity contribution in [3.05, 3.63) is 54.2 Å². The Balaban J connectivity index is 2.15. The Morgan fingerprint density at radius 1 is 1.28 bits per heavy atom. The van der Waals surface area contributed by atoms with E-state index in [-0.39, 0.29) is 17.9 Å². The molecule has 2 aromatic heterocycles. The first kappa shape index (κ1) is 12.4. The number of carbonyl (C=O) groups is 1. The Hall–Kier alpha value is -2.10. The van der Waals surface area contributed by atoms with Crippen LogP contribution in [0.2, 0.25) is 0 Å². The van der Waals surface area contributed by atoms with E-state index in [0.29, 0.717) is 5.76 Å². The Labute approximate surface area is 106 Å². The maximum atomic E-state index is 12.0. The molecular weight excluding hydrogens is 228 g/mol. The maximum Gasteiger partial charge on any atom is 0.287 e. The Kier molecular flexibility index (Phi) is 3.77. The van der Waals surface area contributed by atoms with Crippen molar-refractivity contribution in [2.75, 3.05) is 0 Å². The first-order chi connectivity index (χ1) is 8.68. The van der Waals surface area contributed by atoms with Crippen LogP contribution in [0.1, 0.15) is 36.1 Å². The number of hydrogen-bond acceptors (Lipinski definition) is 3. The smallest absolute Gasteiger partial charge is 0.287 e. The van der Waals surface area contributed by atoms with E-state index in [9.17, 15) is 4.79 Å². The van der Waals surface area contributed by atoms with E-state index in [1.807, 2.05) is 32.0 Å². The largest absolute Gasteiger partial charge is 0.459 e. The zero-order chi connectivity index (χ0) is 13.0. The molecule has 1 atom stereocenters. The van der Waals surface area contributed by atoms with E-state index in [1.165, 1.54) is 6.26 Å². The molecule has 0 spiro atoms. The van der Waals surface area contributed by atoms with E-state index >= 15 is 0 Å². The zero-order valence-electron chi connectivity index (χ0n) is 10.5. The number of aromatic nitrogens is 1. The molecule has 18 heavy (non-hydrogen) atoms. The van der Waals surface area contributed by atoms with Crippen molar-refractivity contribution >= 4 is 5.91 Å². The van der Waals surface area contributed by atoms with Crippen molar-refractivity contribution in [2.45, 2.75) is 19.9 Å². The molecule has 2 aromatic rings. The monoisotopic (exact) mass is 244 g/mol. The fourth-order valence-electron chi connectivity index (χ4n) is 1.76. The molecule has 0 fully saturated rings.